The van der Waals surface area contributed by atoms with Crippen LogP contribution >= 0.6 is 0 Å². The van der Waals surface area contributed by atoms with E-state index >= 15 is 0 Å². The molecule has 2 heteroatoms. The molecular formula is C8H18N2. The lowest BCUT2D eigenvalue weighted by Gasteiger charge is -2.26. The van der Waals surface area contributed by atoms with E-state index in [0.29, 0.717) is 0 Å². The fourth-order valence-corrected chi connectivity index (χ4v) is 1.91. The molecule has 0 heterocycles. The highest BCUT2D eigenvalue weighted by Crippen LogP contribution is 2.32. The van der Waals surface area contributed by atoms with E-state index in [1.165, 1.54) is 19.3 Å². The standard InChI is InChI=1S/C8H18N2/c1-7-3-4-8(5-7,6-9)10-2/h7,10H,3-6,9H2,1-2H3. The largest absolute Gasteiger partial charge is 0.329 e. The van der Waals surface area contributed by atoms with Gasteiger partial charge in [-0.15, -0.1) is 0 Å². The zero-order valence-corrected chi connectivity index (χ0v) is 6.98. The van der Waals surface area contributed by atoms with Gasteiger partial charge in [-0.25, -0.2) is 0 Å². The van der Waals surface area contributed by atoms with Crippen LogP contribution in [0, 0.1) is 5.92 Å². The van der Waals surface area contributed by atoms with Crippen LogP contribution < -0.4 is 11.1 Å². The smallest absolute Gasteiger partial charge is 0.0303 e. The van der Waals surface area contributed by atoms with Gasteiger partial charge in [0.2, 0.25) is 0 Å². The van der Waals surface area contributed by atoms with Crippen molar-refractivity contribution in [3.05, 3.63) is 0 Å². The van der Waals surface area contributed by atoms with Crippen molar-refractivity contribution in [3.63, 3.8) is 0 Å². The van der Waals surface area contributed by atoms with Crippen molar-refractivity contribution in [2.45, 2.75) is 31.7 Å². The van der Waals surface area contributed by atoms with Crippen molar-refractivity contribution in [1.82, 2.24) is 5.32 Å². The molecule has 1 aliphatic rings. The van der Waals surface area contributed by atoms with Crippen LogP contribution in [0.5, 0.6) is 0 Å². The Kier molecular flexibility index (Phi) is 2.32. The van der Waals surface area contributed by atoms with E-state index in [0.717, 1.165) is 12.5 Å². The topological polar surface area (TPSA) is 38.0 Å². The summed E-state index contributed by atoms with van der Waals surface area (Å²) in [7, 11) is 2.02. The van der Waals surface area contributed by atoms with Gasteiger partial charge in [0.25, 0.3) is 0 Å². The van der Waals surface area contributed by atoms with Crippen LogP contribution in [-0.2, 0) is 0 Å². The maximum Gasteiger partial charge on any atom is 0.0303 e. The van der Waals surface area contributed by atoms with Crippen molar-refractivity contribution in [2.24, 2.45) is 11.7 Å². The Morgan fingerprint density at radius 3 is 2.60 bits per heavy atom. The van der Waals surface area contributed by atoms with Gasteiger partial charge in [0.1, 0.15) is 0 Å². The van der Waals surface area contributed by atoms with Gasteiger partial charge in [-0.2, -0.15) is 0 Å². The third kappa shape index (κ3) is 1.32. The van der Waals surface area contributed by atoms with Gasteiger partial charge < -0.3 is 11.1 Å². The van der Waals surface area contributed by atoms with Crippen LogP contribution in [-0.4, -0.2) is 19.1 Å². The van der Waals surface area contributed by atoms with E-state index < -0.39 is 0 Å². The molecule has 60 valence electrons. The van der Waals surface area contributed by atoms with Crippen LogP contribution in [0.1, 0.15) is 26.2 Å². The lowest BCUT2D eigenvalue weighted by molar-refractivity contribution is 0.358. The van der Waals surface area contributed by atoms with E-state index in [1.54, 1.807) is 0 Å². The first-order valence-electron chi connectivity index (χ1n) is 4.11. The summed E-state index contributed by atoms with van der Waals surface area (Å²) in [6.07, 6.45) is 3.83. The highest BCUT2D eigenvalue weighted by molar-refractivity contribution is 4.94. The molecule has 2 atom stereocenters. The van der Waals surface area contributed by atoms with E-state index in [4.69, 9.17) is 5.73 Å². The molecule has 3 N–H and O–H groups in total. The maximum atomic E-state index is 5.68. The van der Waals surface area contributed by atoms with Crippen molar-refractivity contribution in [1.29, 1.82) is 0 Å². The Hall–Kier alpha value is -0.0800. The van der Waals surface area contributed by atoms with Crippen LogP contribution in [0.15, 0.2) is 0 Å². The molecule has 1 fully saturated rings. The Morgan fingerprint density at radius 2 is 2.40 bits per heavy atom. The molecule has 0 aromatic rings. The molecule has 0 spiro atoms. The van der Waals surface area contributed by atoms with Gasteiger partial charge in [0.15, 0.2) is 0 Å². The van der Waals surface area contributed by atoms with E-state index in [-0.39, 0.29) is 5.54 Å². The number of nitrogens with one attached hydrogen (secondary N) is 1. The summed E-state index contributed by atoms with van der Waals surface area (Å²) < 4.78 is 0. The number of rotatable bonds is 2. The molecule has 0 aromatic heterocycles. The van der Waals surface area contributed by atoms with Gasteiger partial charge in [-0.3, -0.25) is 0 Å². The van der Waals surface area contributed by atoms with Crippen LogP contribution in [0.25, 0.3) is 0 Å². The molecule has 0 aromatic carbocycles. The molecule has 2 unspecified atom stereocenters. The third-order valence-corrected chi connectivity index (χ3v) is 2.78. The Bertz CT molecular complexity index is 108. The Morgan fingerprint density at radius 1 is 1.70 bits per heavy atom. The van der Waals surface area contributed by atoms with Gasteiger partial charge in [-0.1, -0.05) is 6.92 Å². The SMILES string of the molecule is CNC1(CN)CCC(C)C1. The zero-order valence-electron chi connectivity index (χ0n) is 6.98. The monoisotopic (exact) mass is 142 g/mol. The van der Waals surface area contributed by atoms with Crippen molar-refractivity contribution in [3.8, 4) is 0 Å². The van der Waals surface area contributed by atoms with Crippen LogP contribution in [0.4, 0.5) is 0 Å². The summed E-state index contributed by atoms with van der Waals surface area (Å²) in [4.78, 5) is 0. The second kappa shape index (κ2) is 2.89. The average Bonchev–Trinajstić information content (AvgIpc) is 2.33. The van der Waals surface area contributed by atoms with Gasteiger partial charge in [0, 0.05) is 12.1 Å². The average molecular weight is 142 g/mol. The minimum atomic E-state index is 0.277. The fourth-order valence-electron chi connectivity index (χ4n) is 1.91. The minimum absolute atomic E-state index is 0.277. The minimum Gasteiger partial charge on any atom is -0.329 e. The first kappa shape index (κ1) is 8.02. The summed E-state index contributed by atoms with van der Waals surface area (Å²) in [6, 6.07) is 0. The second-order valence-corrected chi connectivity index (χ2v) is 3.58. The summed E-state index contributed by atoms with van der Waals surface area (Å²) >= 11 is 0. The molecule has 2 nitrogen and oxygen atoms in total. The molecule has 0 amide bonds. The lowest BCUT2D eigenvalue weighted by Crippen LogP contribution is -2.47. The third-order valence-electron chi connectivity index (χ3n) is 2.78. The van der Waals surface area contributed by atoms with E-state index in [9.17, 15) is 0 Å². The van der Waals surface area contributed by atoms with Crippen LogP contribution in [0.3, 0.4) is 0 Å². The molecule has 0 aliphatic heterocycles. The number of nitrogens with two attached hydrogens (primary N) is 1. The lowest BCUT2D eigenvalue weighted by atomic mass is 9.97. The Balaban J connectivity index is 2.51. The summed E-state index contributed by atoms with van der Waals surface area (Å²) in [5, 5.41) is 3.33. The highest BCUT2D eigenvalue weighted by Gasteiger charge is 2.34. The summed E-state index contributed by atoms with van der Waals surface area (Å²) in [5.74, 6) is 0.857. The maximum absolute atomic E-state index is 5.68. The normalized spacial score (nSPS) is 40.5. The highest BCUT2D eigenvalue weighted by atomic mass is 15.0. The number of hydrogen-bond donors (Lipinski definition) is 2. The molecule has 1 saturated carbocycles. The number of likely N-dealkylation sites (N-methyl/N-ethyl adjacent to an activating group) is 1. The van der Waals surface area contributed by atoms with Crippen molar-refractivity contribution in [2.75, 3.05) is 13.6 Å². The molecule has 0 saturated heterocycles. The van der Waals surface area contributed by atoms with Crippen LogP contribution in [0.2, 0.25) is 0 Å². The zero-order chi connectivity index (χ0) is 7.61. The molecule has 1 rings (SSSR count). The van der Waals surface area contributed by atoms with Gasteiger partial charge in [0.05, 0.1) is 0 Å². The molecule has 1 aliphatic carbocycles. The predicted octanol–water partition coefficient (Wildman–Crippen LogP) is 0.723. The first-order chi connectivity index (χ1) is 4.72. The molecular weight excluding hydrogens is 124 g/mol. The molecule has 0 radical (unpaired) electrons. The quantitative estimate of drug-likeness (QED) is 0.596. The summed E-state index contributed by atoms with van der Waals surface area (Å²) in [6.45, 7) is 3.09. The number of hydrogen-bond acceptors (Lipinski definition) is 2. The predicted molar refractivity (Wildman–Crippen MR) is 43.9 cm³/mol. The van der Waals surface area contributed by atoms with E-state index in [2.05, 4.69) is 12.2 Å². The van der Waals surface area contributed by atoms with Crippen molar-refractivity contribution >= 4 is 0 Å². The Labute approximate surface area is 63.2 Å². The molecule has 0 bridgehead atoms. The van der Waals surface area contributed by atoms with E-state index in [1.807, 2.05) is 7.05 Å². The second-order valence-electron chi connectivity index (χ2n) is 3.58. The molecule has 10 heavy (non-hydrogen) atoms. The first-order valence-corrected chi connectivity index (χ1v) is 4.11. The fraction of sp³-hybridized carbons (Fsp3) is 1.00. The summed E-state index contributed by atoms with van der Waals surface area (Å²) in [5.41, 5.74) is 5.96. The van der Waals surface area contributed by atoms with Gasteiger partial charge in [-0.05, 0) is 32.2 Å². The van der Waals surface area contributed by atoms with Gasteiger partial charge >= 0.3 is 0 Å². The van der Waals surface area contributed by atoms with Crippen molar-refractivity contribution < 1.29 is 0 Å².